The van der Waals surface area contributed by atoms with Gasteiger partial charge in [0.15, 0.2) is 0 Å². The highest BCUT2D eigenvalue weighted by Crippen LogP contribution is 2.35. The number of hydrogen-bond donors (Lipinski definition) is 1. The number of ether oxygens (including phenoxy) is 1. The van der Waals surface area contributed by atoms with E-state index in [1.807, 2.05) is 11.8 Å². The van der Waals surface area contributed by atoms with E-state index in [9.17, 15) is 18.0 Å². The normalized spacial score (nSPS) is 22.6. The number of hydrogen-bond acceptors (Lipinski definition) is 4. The van der Waals surface area contributed by atoms with Gasteiger partial charge in [0.05, 0.1) is 12.7 Å². The minimum absolute atomic E-state index is 0.173. The zero-order valence-electron chi connectivity index (χ0n) is 19.2. The molecule has 1 heterocycles. The Balaban J connectivity index is 1.42. The lowest BCUT2D eigenvalue weighted by molar-refractivity contribution is -0.137. The number of benzene rings is 1. The third kappa shape index (κ3) is 7.02. The number of nitrogens with zero attached hydrogens (tertiary/aromatic N) is 2. The van der Waals surface area contributed by atoms with E-state index in [0.29, 0.717) is 37.2 Å². The molecule has 0 spiro atoms. The summed E-state index contributed by atoms with van der Waals surface area (Å²) in [6.07, 6.45) is 2.68. The van der Waals surface area contributed by atoms with Crippen LogP contribution in [0.4, 0.5) is 18.9 Å². The van der Waals surface area contributed by atoms with Crippen molar-refractivity contribution in [2.24, 2.45) is 5.92 Å². The first-order chi connectivity index (χ1) is 15.3. The summed E-state index contributed by atoms with van der Waals surface area (Å²) in [5, 5.41) is 3.15. The average Bonchev–Trinajstić information content (AvgIpc) is 2.78. The Kier molecular flexibility index (Phi) is 8.68. The summed E-state index contributed by atoms with van der Waals surface area (Å²) in [4.78, 5) is 16.2. The maximum atomic E-state index is 13.2. The second kappa shape index (κ2) is 11.3. The van der Waals surface area contributed by atoms with Crippen LogP contribution in [-0.2, 0) is 11.0 Å². The van der Waals surface area contributed by atoms with Crippen molar-refractivity contribution in [1.82, 2.24) is 10.2 Å². The highest BCUT2D eigenvalue weighted by molar-refractivity contribution is 5.76. The van der Waals surface area contributed by atoms with E-state index < -0.39 is 11.7 Å². The number of methoxy groups -OCH3 is 1. The lowest BCUT2D eigenvalue weighted by atomic mass is 9.84. The first kappa shape index (κ1) is 24.7. The average molecular weight is 456 g/mol. The standard InChI is InChI=1S/C24H36F3N3O2/c1-3-4-23(31)28-20-7-5-18(6-8-20)9-10-29-11-13-30(14-12-29)21-15-19(24(25,26)27)16-22(17-21)32-2/h15-18,20H,3-14H2,1-2H3,(H,28,31). The fraction of sp³-hybridized carbons (Fsp3) is 0.708. The maximum absolute atomic E-state index is 13.2. The molecule has 5 nitrogen and oxygen atoms in total. The van der Waals surface area contributed by atoms with E-state index in [-0.39, 0.29) is 11.7 Å². The summed E-state index contributed by atoms with van der Waals surface area (Å²) in [7, 11) is 1.39. The second-order valence-corrected chi connectivity index (χ2v) is 9.07. The Morgan fingerprint density at radius 2 is 1.78 bits per heavy atom. The van der Waals surface area contributed by atoms with Crippen LogP contribution in [0.3, 0.4) is 0 Å². The van der Waals surface area contributed by atoms with Crippen LogP contribution in [0, 0.1) is 5.92 Å². The fourth-order valence-corrected chi connectivity index (χ4v) is 4.76. The summed E-state index contributed by atoms with van der Waals surface area (Å²) >= 11 is 0. The van der Waals surface area contributed by atoms with Crippen molar-refractivity contribution in [3.05, 3.63) is 23.8 Å². The van der Waals surface area contributed by atoms with Crippen LogP contribution in [0.25, 0.3) is 0 Å². The monoisotopic (exact) mass is 455 g/mol. The van der Waals surface area contributed by atoms with E-state index in [1.165, 1.54) is 13.2 Å². The van der Waals surface area contributed by atoms with Crippen LogP contribution in [0.15, 0.2) is 18.2 Å². The molecule has 1 aromatic rings. The topological polar surface area (TPSA) is 44.8 Å². The summed E-state index contributed by atoms with van der Waals surface area (Å²) in [5.74, 6) is 1.10. The zero-order valence-corrected chi connectivity index (χ0v) is 19.2. The second-order valence-electron chi connectivity index (χ2n) is 9.07. The molecule has 0 bridgehead atoms. The first-order valence-corrected chi connectivity index (χ1v) is 11.8. The smallest absolute Gasteiger partial charge is 0.416 e. The summed E-state index contributed by atoms with van der Waals surface area (Å²) < 4.78 is 44.7. The predicted octanol–water partition coefficient (Wildman–Crippen LogP) is 4.70. The lowest BCUT2D eigenvalue weighted by Gasteiger charge is -2.37. The van der Waals surface area contributed by atoms with Gasteiger partial charge in [0.2, 0.25) is 5.91 Å². The Labute approximate surface area is 189 Å². The number of alkyl halides is 3. The molecule has 1 saturated heterocycles. The minimum Gasteiger partial charge on any atom is -0.497 e. The van der Waals surface area contributed by atoms with Gasteiger partial charge in [-0.15, -0.1) is 0 Å². The van der Waals surface area contributed by atoms with Crippen LogP contribution in [0.5, 0.6) is 5.75 Å². The predicted molar refractivity (Wildman–Crippen MR) is 120 cm³/mol. The van der Waals surface area contributed by atoms with Crippen molar-refractivity contribution in [2.45, 2.75) is 64.1 Å². The van der Waals surface area contributed by atoms with Crippen LogP contribution in [0.2, 0.25) is 0 Å². The Morgan fingerprint density at radius 3 is 2.38 bits per heavy atom. The molecule has 1 amide bonds. The lowest BCUT2D eigenvalue weighted by Crippen LogP contribution is -2.47. The molecular weight excluding hydrogens is 419 g/mol. The van der Waals surface area contributed by atoms with Crippen molar-refractivity contribution in [3.63, 3.8) is 0 Å². The number of nitrogens with one attached hydrogen (secondary N) is 1. The summed E-state index contributed by atoms with van der Waals surface area (Å²) in [5.41, 5.74) is -0.101. The third-order valence-electron chi connectivity index (χ3n) is 6.73. The van der Waals surface area contributed by atoms with E-state index in [4.69, 9.17) is 4.74 Å². The number of halogens is 3. The van der Waals surface area contributed by atoms with Gasteiger partial charge in [0.1, 0.15) is 5.75 Å². The number of rotatable bonds is 8. The van der Waals surface area contributed by atoms with E-state index >= 15 is 0 Å². The zero-order chi connectivity index (χ0) is 23.1. The molecule has 2 aliphatic rings. The highest BCUT2D eigenvalue weighted by Gasteiger charge is 2.32. The van der Waals surface area contributed by atoms with Gasteiger partial charge in [-0.1, -0.05) is 6.92 Å². The molecule has 1 aromatic carbocycles. The van der Waals surface area contributed by atoms with Gasteiger partial charge in [-0.2, -0.15) is 13.2 Å². The molecule has 0 radical (unpaired) electrons. The molecule has 0 unspecified atom stereocenters. The molecule has 8 heteroatoms. The number of carbonyl (C=O) groups is 1. The van der Waals surface area contributed by atoms with Crippen LogP contribution < -0.4 is 15.0 Å². The van der Waals surface area contributed by atoms with Crippen LogP contribution in [-0.4, -0.2) is 56.7 Å². The molecule has 32 heavy (non-hydrogen) atoms. The third-order valence-corrected chi connectivity index (χ3v) is 6.73. The Bertz CT molecular complexity index is 740. The van der Waals surface area contributed by atoms with Crippen molar-refractivity contribution in [1.29, 1.82) is 0 Å². The van der Waals surface area contributed by atoms with Crippen molar-refractivity contribution >= 4 is 11.6 Å². The van der Waals surface area contributed by atoms with Crippen molar-refractivity contribution < 1.29 is 22.7 Å². The fourth-order valence-electron chi connectivity index (χ4n) is 4.76. The minimum atomic E-state index is -4.39. The molecule has 2 fully saturated rings. The number of piperazine rings is 1. The number of anilines is 1. The van der Waals surface area contributed by atoms with Gasteiger partial charge >= 0.3 is 6.18 Å². The van der Waals surface area contributed by atoms with E-state index in [2.05, 4.69) is 10.2 Å². The summed E-state index contributed by atoms with van der Waals surface area (Å²) in [6.45, 7) is 6.16. The van der Waals surface area contributed by atoms with Crippen molar-refractivity contribution in [3.8, 4) is 5.75 Å². The summed E-state index contributed by atoms with van der Waals surface area (Å²) in [6, 6.07) is 4.28. The van der Waals surface area contributed by atoms with Gasteiger partial charge in [-0.05, 0) is 63.1 Å². The maximum Gasteiger partial charge on any atom is 0.416 e. The molecule has 1 aliphatic heterocycles. The molecule has 1 aliphatic carbocycles. The quantitative estimate of drug-likeness (QED) is 0.617. The molecule has 1 saturated carbocycles. The Hall–Kier alpha value is -1.96. The first-order valence-electron chi connectivity index (χ1n) is 11.8. The SMILES string of the molecule is CCCC(=O)NC1CCC(CCN2CCN(c3cc(OC)cc(C(F)(F)F)c3)CC2)CC1. The molecular formula is C24H36F3N3O2. The molecule has 0 atom stereocenters. The van der Waals surface area contributed by atoms with Gasteiger partial charge in [-0.25, -0.2) is 0 Å². The molecule has 3 rings (SSSR count). The number of amides is 1. The van der Waals surface area contributed by atoms with Crippen LogP contribution >= 0.6 is 0 Å². The van der Waals surface area contributed by atoms with Gasteiger partial charge < -0.3 is 15.0 Å². The van der Waals surface area contributed by atoms with Gasteiger partial charge in [0.25, 0.3) is 0 Å². The Morgan fingerprint density at radius 1 is 1.09 bits per heavy atom. The molecule has 1 N–H and O–H groups in total. The van der Waals surface area contributed by atoms with Crippen molar-refractivity contribution in [2.75, 3.05) is 44.7 Å². The van der Waals surface area contributed by atoms with Gasteiger partial charge in [-0.3, -0.25) is 9.69 Å². The van der Waals surface area contributed by atoms with E-state index in [1.54, 1.807) is 6.07 Å². The largest absolute Gasteiger partial charge is 0.497 e. The molecule has 180 valence electrons. The van der Waals surface area contributed by atoms with E-state index in [0.717, 1.165) is 64.2 Å². The highest BCUT2D eigenvalue weighted by atomic mass is 19.4. The van der Waals surface area contributed by atoms with Gasteiger partial charge in [0, 0.05) is 50.4 Å². The molecule has 0 aromatic heterocycles. The number of carbonyl (C=O) groups excluding carboxylic acids is 1. The van der Waals surface area contributed by atoms with Crippen LogP contribution in [0.1, 0.15) is 57.4 Å².